The first kappa shape index (κ1) is 13.4. The second-order valence-corrected chi connectivity index (χ2v) is 5.10. The van der Waals surface area contributed by atoms with E-state index in [0.717, 1.165) is 11.3 Å². The van der Waals surface area contributed by atoms with Gasteiger partial charge in [0.25, 0.3) is 5.91 Å². The Bertz CT molecular complexity index is 662. The molecule has 0 bridgehead atoms. The third-order valence-electron chi connectivity index (χ3n) is 3.32. The summed E-state index contributed by atoms with van der Waals surface area (Å²) in [5, 5.41) is 7.10. The minimum absolute atomic E-state index is 0.00419. The van der Waals surface area contributed by atoms with E-state index >= 15 is 0 Å². The zero-order chi connectivity index (χ0) is 14.7. The molecule has 2 aromatic rings. The van der Waals surface area contributed by atoms with Crippen molar-refractivity contribution in [1.82, 2.24) is 15.1 Å². The predicted octanol–water partition coefficient (Wildman–Crippen LogP) is 1.86. The molecule has 1 aliphatic heterocycles. The summed E-state index contributed by atoms with van der Waals surface area (Å²) in [5.41, 5.74) is 1.58. The Hall–Kier alpha value is -2.56. The van der Waals surface area contributed by atoms with Crippen LogP contribution < -0.4 is 10.1 Å². The van der Waals surface area contributed by atoms with Crippen LogP contribution in [-0.4, -0.2) is 28.3 Å². The SMILES string of the molecule is C[C@H](Cn1cccn1)NC(=O)C1=Cc2ccccc2OC1. The van der Waals surface area contributed by atoms with Crippen LogP contribution in [0.2, 0.25) is 0 Å². The number of benzene rings is 1. The maximum Gasteiger partial charge on any atom is 0.250 e. The van der Waals surface area contributed by atoms with E-state index in [1.807, 2.05) is 49.5 Å². The van der Waals surface area contributed by atoms with Crippen LogP contribution in [0.15, 0.2) is 48.3 Å². The van der Waals surface area contributed by atoms with E-state index in [-0.39, 0.29) is 11.9 Å². The molecule has 1 atom stereocenters. The molecule has 108 valence electrons. The predicted molar refractivity (Wildman–Crippen MR) is 79.7 cm³/mol. The van der Waals surface area contributed by atoms with Crippen molar-refractivity contribution in [3.8, 4) is 5.75 Å². The monoisotopic (exact) mass is 283 g/mol. The van der Waals surface area contributed by atoms with E-state index in [1.54, 1.807) is 10.9 Å². The lowest BCUT2D eigenvalue weighted by atomic mass is 10.1. The van der Waals surface area contributed by atoms with Gasteiger partial charge in [-0.3, -0.25) is 9.48 Å². The number of nitrogens with one attached hydrogen (secondary N) is 1. The van der Waals surface area contributed by atoms with Gasteiger partial charge >= 0.3 is 0 Å². The fourth-order valence-corrected chi connectivity index (χ4v) is 2.30. The molecule has 5 nitrogen and oxygen atoms in total. The zero-order valence-corrected chi connectivity index (χ0v) is 11.8. The third kappa shape index (κ3) is 3.13. The van der Waals surface area contributed by atoms with Gasteiger partial charge in [-0.1, -0.05) is 18.2 Å². The number of ether oxygens (including phenoxy) is 1. The Labute approximate surface area is 123 Å². The number of carbonyl (C=O) groups is 1. The van der Waals surface area contributed by atoms with Crippen LogP contribution in [0.3, 0.4) is 0 Å². The molecule has 0 saturated carbocycles. The summed E-state index contributed by atoms with van der Waals surface area (Å²) >= 11 is 0. The molecule has 1 aromatic carbocycles. The molecule has 0 saturated heterocycles. The molecule has 5 heteroatoms. The lowest BCUT2D eigenvalue weighted by Gasteiger charge is -2.19. The molecule has 1 amide bonds. The van der Waals surface area contributed by atoms with Crippen molar-refractivity contribution in [1.29, 1.82) is 0 Å². The molecular formula is C16H17N3O2. The minimum Gasteiger partial charge on any atom is -0.488 e. The quantitative estimate of drug-likeness (QED) is 0.932. The Morgan fingerprint density at radius 3 is 3.10 bits per heavy atom. The van der Waals surface area contributed by atoms with Crippen LogP contribution in [-0.2, 0) is 11.3 Å². The van der Waals surface area contributed by atoms with E-state index in [4.69, 9.17) is 4.74 Å². The summed E-state index contributed by atoms with van der Waals surface area (Å²) in [6.45, 7) is 2.90. The highest BCUT2D eigenvalue weighted by molar-refractivity contribution is 5.99. The molecular weight excluding hydrogens is 266 g/mol. The van der Waals surface area contributed by atoms with Gasteiger partial charge < -0.3 is 10.1 Å². The van der Waals surface area contributed by atoms with Crippen LogP contribution >= 0.6 is 0 Å². The molecule has 0 spiro atoms. The number of aromatic nitrogens is 2. The van der Waals surface area contributed by atoms with E-state index < -0.39 is 0 Å². The topological polar surface area (TPSA) is 56.2 Å². The largest absolute Gasteiger partial charge is 0.488 e. The molecule has 0 aliphatic carbocycles. The van der Waals surface area contributed by atoms with Crippen molar-refractivity contribution in [2.45, 2.75) is 19.5 Å². The van der Waals surface area contributed by atoms with Crippen molar-refractivity contribution in [2.24, 2.45) is 0 Å². The average molecular weight is 283 g/mol. The summed E-state index contributed by atoms with van der Waals surface area (Å²) in [6, 6.07) is 9.55. The fourth-order valence-electron chi connectivity index (χ4n) is 2.30. The maximum absolute atomic E-state index is 12.3. The second-order valence-electron chi connectivity index (χ2n) is 5.10. The molecule has 1 aromatic heterocycles. The first-order valence-electron chi connectivity index (χ1n) is 6.93. The van der Waals surface area contributed by atoms with Gasteiger partial charge in [-0.2, -0.15) is 5.10 Å². The number of para-hydroxylation sites is 1. The Balaban J connectivity index is 1.65. The molecule has 21 heavy (non-hydrogen) atoms. The van der Waals surface area contributed by atoms with E-state index in [2.05, 4.69) is 10.4 Å². The van der Waals surface area contributed by atoms with Crippen LogP contribution in [0, 0.1) is 0 Å². The van der Waals surface area contributed by atoms with E-state index in [9.17, 15) is 4.79 Å². The number of nitrogens with zero attached hydrogens (tertiary/aromatic N) is 2. The summed E-state index contributed by atoms with van der Waals surface area (Å²) < 4.78 is 7.40. The fraction of sp³-hybridized carbons (Fsp3) is 0.250. The standard InChI is InChI=1S/C16H17N3O2/c1-12(10-19-8-4-7-17-19)18-16(20)14-9-13-5-2-3-6-15(13)21-11-14/h2-9,12H,10-11H2,1H3,(H,18,20)/t12-/m1/s1. The van der Waals surface area contributed by atoms with Crippen molar-refractivity contribution in [2.75, 3.05) is 6.61 Å². The summed E-state index contributed by atoms with van der Waals surface area (Å²) in [5.74, 6) is 0.725. The van der Waals surface area contributed by atoms with E-state index in [0.29, 0.717) is 18.7 Å². The molecule has 1 N–H and O–H groups in total. The molecule has 1 aliphatic rings. The van der Waals surface area contributed by atoms with Crippen LogP contribution in [0.5, 0.6) is 5.75 Å². The Morgan fingerprint density at radius 1 is 1.43 bits per heavy atom. The highest BCUT2D eigenvalue weighted by Crippen LogP contribution is 2.25. The molecule has 2 heterocycles. The van der Waals surface area contributed by atoms with Crippen LogP contribution in [0.4, 0.5) is 0 Å². The van der Waals surface area contributed by atoms with Gasteiger partial charge in [0.05, 0.1) is 12.1 Å². The van der Waals surface area contributed by atoms with Crippen molar-refractivity contribution < 1.29 is 9.53 Å². The Kier molecular flexibility index (Phi) is 3.73. The first-order chi connectivity index (χ1) is 10.2. The highest BCUT2D eigenvalue weighted by Gasteiger charge is 2.18. The van der Waals surface area contributed by atoms with Crippen LogP contribution in [0.1, 0.15) is 12.5 Å². The van der Waals surface area contributed by atoms with E-state index in [1.165, 1.54) is 0 Å². The maximum atomic E-state index is 12.3. The Morgan fingerprint density at radius 2 is 2.29 bits per heavy atom. The molecule has 3 rings (SSSR count). The lowest BCUT2D eigenvalue weighted by molar-refractivity contribution is -0.118. The minimum atomic E-state index is -0.0934. The van der Waals surface area contributed by atoms with Gasteiger partial charge in [0.2, 0.25) is 0 Å². The molecule has 0 radical (unpaired) electrons. The number of rotatable bonds is 4. The van der Waals surface area contributed by atoms with Gasteiger partial charge in [-0.15, -0.1) is 0 Å². The second kappa shape index (κ2) is 5.83. The number of carbonyl (C=O) groups excluding carboxylic acids is 1. The van der Waals surface area contributed by atoms with Crippen molar-refractivity contribution in [3.63, 3.8) is 0 Å². The van der Waals surface area contributed by atoms with Gasteiger partial charge in [0.15, 0.2) is 0 Å². The molecule has 0 fully saturated rings. The number of hydrogen-bond acceptors (Lipinski definition) is 3. The number of amides is 1. The smallest absolute Gasteiger partial charge is 0.250 e. The summed E-state index contributed by atoms with van der Waals surface area (Å²) in [6.07, 6.45) is 5.49. The van der Waals surface area contributed by atoms with Crippen molar-refractivity contribution >= 4 is 12.0 Å². The average Bonchev–Trinajstić information content (AvgIpc) is 2.99. The lowest BCUT2D eigenvalue weighted by Crippen LogP contribution is -2.38. The van der Waals surface area contributed by atoms with Crippen LogP contribution in [0.25, 0.3) is 6.08 Å². The normalized spacial score (nSPS) is 14.6. The van der Waals surface area contributed by atoms with Gasteiger partial charge in [-0.25, -0.2) is 0 Å². The zero-order valence-electron chi connectivity index (χ0n) is 11.8. The van der Waals surface area contributed by atoms with Gasteiger partial charge in [0, 0.05) is 24.0 Å². The third-order valence-corrected chi connectivity index (χ3v) is 3.32. The van der Waals surface area contributed by atoms with Gasteiger partial charge in [-0.05, 0) is 25.1 Å². The number of fused-ring (bicyclic) bond motifs is 1. The number of hydrogen-bond donors (Lipinski definition) is 1. The highest BCUT2D eigenvalue weighted by atomic mass is 16.5. The van der Waals surface area contributed by atoms with Gasteiger partial charge in [0.1, 0.15) is 12.4 Å². The molecule has 0 unspecified atom stereocenters. The first-order valence-corrected chi connectivity index (χ1v) is 6.93. The summed E-state index contributed by atoms with van der Waals surface area (Å²) in [4.78, 5) is 12.3. The van der Waals surface area contributed by atoms with Crippen molar-refractivity contribution in [3.05, 3.63) is 53.9 Å². The summed E-state index contributed by atoms with van der Waals surface area (Å²) in [7, 11) is 0.